The first-order valence-corrected chi connectivity index (χ1v) is 8.20. The molecule has 2 rings (SSSR count). The monoisotopic (exact) mass is 298 g/mol. The Bertz CT molecular complexity index is 418. The Morgan fingerprint density at radius 3 is 2.65 bits per heavy atom. The molecule has 1 aromatic rings. The van der Waals surface area contributed by atoms with E-state index in [0.29, 0.717) is 25.0 Å². The van der Waals surface area contributed by atoms with E-state index in [4.69, 9.17) is 14.5 Å². The van der Waals surface area contributed by atoms with Crippen molar-refractivity contribution < 1.29 is 9.47 Å². The summed E-state index contributed by atoms with van der Waals surface area (Å²) in [4.78, 5) is 4.88. The number of thiazole rings is 1. The van der Waals surface area contributed by atoms with Gasteiger partial charge in [0.05, 0.1) is 24.4 Å². The van der Waals surface area contributed by atoms with Gasteiger partial charge >= 0.3 is 0 Å². The van der Waals surface area contributed by atoms with E-state index in [0.717, 1.165) is 6.54 Å². The molecule has 1 atom stereocenters. The second-order valence-electron chi connectivity index (χ2n) is 5.83. The standard InChI is InChI=1S/C15H26N2O2S/c1-11(2)13-9-20-14(17-13)15(10-19-4,12-5-6-12)16-7-8-18-3/h9,11-12,16H,5-8,10H2,1-4H3. The van der Waals surface area contributed by atoms with Gasteiger partial charge in [0, 0.05) is 26.1 Å². The molecule has 1 N–H and O–H groups in total. The van der Waals surface area contributed by atoms with Crippen molar-refractivity contribution in [2.75, 3.05) is 34.0 Å². The van der Waals surface area contributed by atoms with E-state index >= 15 is 0 Å². The number of nitrogens with one attached hydrogen (secondary N) is 1. The second-order valence-corrected chi connectivity index (χ2v) is 6.69. The minimum absolute atomic E-state index is 0.134. The van der Waals surface area contributed by atoms with Crippen molar-refractivity contribution in [3.8, 4) is 0 Å². The fourth-order valence-corrected chi connectivity index (χ4v) is 3.78. The Hall–Kier alpha value is -0.490. The van der Waals surface area contributed by atoms with Gasteiger partial charge in [-0.1, -0.05) is 13.8 Å². The molecule has 0 amide bonds. The van der Waals surface area contributed by atoms with Crippen molar-refractivity contribution in [1.29, 1.82) is 0 Å². The number of aromatic nitrogens is 1. The molecule has 4 nitrogen and oxygen atoms in total. The summed E-state index contributed by atoms with van der Waals surface area (Å²) in [5.41, 5.74) is 1.05. The Morgan fingerprint density at radius 1 is 1.40 bits per heavy atom. The minimum atomic E-state index is -0.134. The molecule has 5 heteroatoms. The zero-order chi connectivity index (χ0) is 14.6. The van der Waals surface area contributed by atoms with Gasteiger partial charge in [-0.15, -0.1) is 11.3 Å². The van der Waals surface area contributed by atoms with Crippen LogP contribution >= 0.6 is 11.3 Å². The van der Waals surface area contributed by atoms with E-state index in [1.165, 1.54) is 23.5 Å². The van der Waals surface area contributed by atoms with E-state index in [2.05, 4.69) is 24.5 Å². The number of rotatable bonds is 9. The van der Waals surface area contributed by atoms with Crippen LogP contribution in [0.4, 0.5) is 0 Å². The SMILES string of the molecule is COCCNC(COC)(c1nc(C(C)C)cs1)C1CC1. The zero-order valence-corrected chi connectivity index (χ0v) is 13.8. The first-order chi connectivity index (χ1) is 9.64. The van der Waals surface area contributed by atoms with Crippen LogP contribution in [0.5, 0.6) is 0 Å². The predicted octanol–water partition coefficient (Wildman–Crippen LogP) is 2.75. The molecular weight excluding hydrogens is 272 g/mol. The molecule has 0 aromatic carbocycles. The summed E-state index contributed by atoms with van der Waals surface area (Å²) in [7, 11) is 3.50. The fraction of sp³-hybridized carbons (Fsp3) is 0.800. The van der Waals surface area contributed by atoms with Gasteiger partial charge in [0.2, 0.25) is 0 Å². The number of hydrogen-bond acceptors (Lipinski definition) is 5. The third-order valence-corrected chi connectivity index (χ3v) is 4.93. The molecule has 0 radical (unpaired) electrons. The Kier molecular flexibility index (Phi) is 5.55. The first-order valence-electron chi connectivity index (χ1n) is 7.33. The molecule has 1 aliphatic carbocycles. The summed E-state index contributed by atoms with van der Waals surface area (Å²) in [6, 6.07) is 0. The normalized spacial score (nSPS) is 18.4. The van der Waals surface area contributed by atoms with Crippen LogP contribution in [0.1, 0.15) is 43.3 Å². The van der Waals surface area contributed by atoms with Crippen LogP contribution in [0, 0.1) is 5.92 Å². The van der Waals surface area contributed by atoms with Crippen LogP contribution in [0.15, 0.2) is 5.38 Å². The van der Waals surface area contributed by atoms with Crippen molar-refractivity contribution in [3.63, 3.8) is 0 Å². The summed E-state index contributed by atoms with van der Waals surface area (Å²) in [5, 5.41) is 7.02. The van der Waals surface area contributed by atoms with Crippen molar-refractivity contribution in [3.05, 3.63) is 16.1 Å². The molecule has 0 bridgehead atoms. The molecule has 1 unspecified atom stereocenters. The van der Waals surface area contributed by atoms with E-state index in [1.807, 2.05) is 0 Å². The number of nitrogens with zero attached hydrogens (tertiary/aromatic N) is 1. The Labute approximate surface area is 125 Å². The van der Waals surface area contributed by atoms with Gasteiger partial charge in [-0.05, 0) is 24.7 Å². The lowest BCUT2D eigenvalue weighted by atomic mass is 9.94. The van der Waals surface area contributed by atoms with Crippen LogP contribution in [0.25, 0.3) is 0 Å². The van der Waals surface area contributed by atoms with E-state index < -0.39 is 0 Å². The van der Waals surface area contributed by atoms with Gasteiger partial charge in [-0.25, -0.2) is 4.98 Å². The van der Waals surface area contributed by atoms with Crippen LogP contribution in [0.3, 0.4) is 0 Å². The fourth-order valence-electron chi connectivity index (χ4n) is 2.56. The van der Waals surface area contributed by atoms with Crippen LogP contribution in [0.2, 0.25) is 0 Å². The molecule has 1 saturated carbocycles. The summed E-state index contributed by atoms with van der Waals surface area (Å²) in [6.07, 6.45) is 2.50. The topological polar surface area (TPSA) is 43.4 Å². The van der Waals surface area contributed by atoms with Gasteiger partial charge in [0.1, 0.15) is 5.01 Å². The molecule has 1 heterocycles. The lowest BCUT2D eigenvalue weighted by molar-refractivity contribution is 0.0841. The lowest BCUT2D eigenvalue weighted by Crippen LogP contribution is -2.49. The number of methoxy groups -OCH3 is 2. The number of ether oxygens (including phenoxy) is 2. The molecule has 1 aliphatic rings. The van der Waals surface area contributed by atoms with Gasteiger partial charge in [0.15, 0.2) is 0 Å². The molecular formula is C15H26N2O2S. The third kappa shape index (κ3) is 3.39. The average molecular weight is 298 g/mol. The maximum atomic E-state index is 5.53. The molecule has 0 saturated heterocycles. The van der Waals surface area contributed by atoms with Crippen molar-refractivity contribution in [1.82, 2.24) is 10.3 Å². The largest absolute Gasteiger partial charge is 0.383 e. The first kappa shape index (κ1) is 15.9. The van der Waals surface area contributed by atoms with Crippen molar-refractivity contribution in [2.24, 2.45) is 5.92 Å². The average Bonchev–Trinajstić information content (AvgIpc) is 3.15. The summed E-state index contributed by atoms with van der Waals surface area (Å²) in [5.74, 6) is 1.10. The minimum Gasteiger partial charge on any atom is -0.383 e. The Morgan fingerprint density at radius 2 is 2.15 bits per heavy atom. The number of hydrogen-bond donors (Lipinski definition) is 1. The highest BCUT2D eigenvalue weighted by molar-refractivity contribution is 7.09. The third-order valence-electron chi connectivity index (χ3n) is 3.89. The molecule has 114 valence electrons. The van der Waals surface area contributed by atoms with Crippen LogP contribution < -0.4 is 5.32 Å². The molecule has 1 fully saturated rings. The van der Waals surface area contributed by atoms with Gasteiger partial charge in [-0.2, -0.15) is 0 Å². The van der Waals surface area contributed by atoms with E-state index in [-0.39, 0.29) is 5.54 Å². The second kappa shape index (κ2) is 6.98. The Balaban J connectivity index is 2.22. The maximum absolute atomic E-state index is 5.53. The summed E-state index contributed by atoms with van der Waals surface area (Å²) >= 11 is 1.76. The molecule has 1 aromatic heterocycles. The predicted molar refractivity (Wildman–Crippen MR) is 82.4 cm³/mol. The quantitative estimate of drug-likeness (QED) is 0.712. The van der Waals surface area contributed by atoms with Gasteiger partial charge in [0.25, 0.3) is 0 Å². The lowest BCUT2D eigenvalue weighted by Gasteiger charge is -2.32. The highest BCUT2D eigenvalue weighted by Gasteiger charge is 2.48. The highest BCUT2D eigenvalue weighted by atomic mass is 32.1. The van der Waals surface area contributed by atoms with E-state index in [1.54, 1.807) is 25.6 Å². The zero-order valence-electron chi connectivity index (χ0n) is 12.9. The molecule has 0 aliphatic heterocycles. The summed E-state index contributed by atoms with van der Waals surface area (Å²) < 4.78 is 10.7. The van der Waals surface area contributed by atoms with Crippen LogP contribution in [-0.4, -0.2) is 39.0 Å². The van der Waals surface area contributed by atoms with Gasteiger partial charge in [-0.3, -0.25) is 0 Å². The molecule has 0 spiro atoms. The highest BCUT2D eigenvalue weighted by Crippen LogP contribution is 2.47. The van der Waals surface area contributed by atoms with E-state index in [9.17, 15) is 0 Å². The van der Waals surface area contributed by atoms with Gasteiger partial charge < -0.3 is 14.8 Å². The maximum Gasteiger partial charge on any atom is 0.116 e. The summed E-state index contributed by atoms with van der Waals surface area (Å²) in [6.45, 7) is 6.58. The van der Waals surface area contributed by atoms with Crippen molar-refractivity contribution in [2.45, 2.75) is 38.1 Å². The van der Waals surface area contributed by atoms with Crippen molar-refractivity contribution >= 4 is 11.3 Å². The smallest absolute Gasteiger partial charge is 0.116 e. The molecule has 20 heavy (non-hydrogen) atoms. The van der Waals surface area contributed by atoms with Crippen LogP contribution in [-0.2, 0) is 15.0 Å².